The molecular formula is C23H21F5N4O3. The molecular weight excluding hydrogens is 475 g/mol. The van der Waals surface area contributed by atoms with Gasteiger partial charge in [0.1, 0.15) is 28.9 Å². The average molecular weight is 496 g/mol. The van der Waals surface area contributed by atoms with Crippen molar-refractivity contribution in [2.45, 2.75) is 45.3 Å². The molecule has 1 saturated carbocycles. The minimum Gasteiger partial charge on any atom is -0.483 e. The fourth-order valence-electron chi connectivity index (χ4n) is 3.64. The Hall–Kier alpha value is -3.70. The van der Waals surface area contributed by atoms with E-state index in [0.29, 0.717) is 17.5 Å². The number of halogens is 5. The summed E-state index contributed by atoms with van der Waals surface area (Å²) in [5, 5.41) is 6.43. The van der Waals surface area contributed by atoms with Gasteiger partial charge >= 0.3 is 11.9 Å². The number of nitrogens with zero attached hydrogens (tertiary/aromatic N) is 3. The van der Waals surface area contributed by atoms with Crippen LogP contribution in [0.5, 0.6) is 5.75 Å². The first-order valence-electron chi connectivity index (χ1n) is 10.8. The number of aromatic nitrogens is 3. The Morgan fingerprint density at radius 1 is 1.20 bits per heavy atom. The molecule has 1 aliphatic carbocycles. The third-order valence-electron chi connectivity index (χ3n) is 5.52. The number of carbonyl (C=O) groups excluding carboxylic acids is 1. The number of ether oxygens (including phenoxy) is 1. The molecule has 2 aromatic carbocycles. The van der Waals surface area contributed by atoms with E-state index in [2.05, 4.69) is 10.4 Å². The first-order valence-corrected chi connectivity index (χ1v) is 10.8. The highest BCUT2D eigenvalue weighted by Crippen LogP contribution is 2.39. The van der Waals surface area contributed by atoms with Gasteiger partial charge in [0.2, 0.25) is 0 Å². The number of aryl methyl sites for hydroxylation is 1. The Balaban J connectivity index is 1.79. The van der Waals surface area contributed by atoms with Crippen molar-refractivity contribution in [3.05, 3.63) is 69.4 Å². The Bertz CT molecular complexity index is 1320. The van der Waals surface area contributed by atoms with Crippen molar-refractivity contribution in [1.82, 2.24) is 14.3 Å². The number of rotatable bonds is 7. The SMILES string of the molecule is CCn1c(C2CC2)nn(-c2cc(OCC(F)(F)F)c(C(=O)Nc3c(C)cccc3F)cc2F)c1=O. The fourth-order valence-corrected chi connectivity index (χ4v) is 3.64. The van der Waals surface area contributed by atoms with Gasteiger partial charge in [-0.1, -0.05) is 12.1 Å². The van der Waals surface area contributed by atoms with Gasteiger partial charge in [-0.2, -0.15) is 17.9 Å². The number of benzene rings is 2. The van der Waals surface area contributed by atoms with E-state index in [4.69, 9.17) is 4.74 Å². The minimum absolute atomic E-state index is 0.0435. The molecule has 35 heavy (non-hydrogen) atoms. The number of alkyl halides is 3. The van der Waals surface area contributed by atoms with Gasteiger partial charge in [-0.05, 0) is 44.4 Å². The zero-order valence-electron chi connectivity index (χ0n) is 18.7. The molecule has 1 amide bonds. The number of hydrogen-bond donors (Lipinski definition) is 1. The van der Waals surface area contributed by atoms with Crippen molar-refractivity contribution < 1.29 is 31.5 Å². The molecule has 1 fully saturated rings. The molecule has 1 aliphatic rings. The molecule has 0 aliphatic heterocycles. The lowest BCUT2D eigenvalue weighted by molar-refractivity contribution is -0.153. The van der Waals surface area contributed by atoms with Gasteiger partial charge in [-0.3, -0.25) is 9.36 Å². The second-order valence-electron chi connectivity index (χ2n) is 8.16. The van der Waals surface area contributed by atoms with E-state index < -0.39 is 53.0 Å². The highest BCUT2D eigenvalue weighted by Gasteiger charge is 2.33. The van der Waals surface area contributed by atoms with Crippen molar-refractivity contribution in [2.75, 3.05) is 11.9 Å². The van der Waals surface area contributed by atoms with Crippen LogP contribution in [0.3, 0.4) is 0 Å². The zero-order valence-corrected chi connectivity index (χ0v) is 18.7. The van der Waals surface area contributed by atoms with Crippen LogP contribution in [-0.2, 0) is 6.54 Å². The lowest BCUT2D eigenvalue weighted by Crippen LogP contribution is -2.25. The second kappa shape index (κ2) is 9.16. The van der Waals surface area contributed by atoms with Crippen LogP contribution < -0.4 is 15.7 Å². The summed E-state index contributed by atoms with van der Waals surface area (Å²) in [6, 6.07) is 5.46. The molecule has 1 heterocycles. The summed E-state index contributed by atoms with van der Waals surface area (Å²) in [7, 11) is 0. The van der Waals surface area contributed by atoms with Gasteiger partial charge in [0.15, 0.2) is 6.61 Å². The summed E-state index contributed by atoms with van der Waals surface area (Å²) in [4.78, 5) is 25.7. The van der Waals surface area contributed by atoms with Gasteiger partial charge in [-0.15, -0.1) is 5.10 Å². The number of hydrogen-bond acceptors (Lipinski definition) is 4. The number of nitrogens with one attached hydrogen (secondary N) is 1. The van der Waals surface area contributed by atoms with Gasteiger partial charge in [-0.25, -0.2) is 13.6 Å². The van der Waals surface area contributed by atoms with Gasteiger partial charge < -0.3 is 10.1 Å². The van der Waals surface area contributed by atoms with Crippen LogP contribution >= 0.6 is 0 Å². The molecule has 0 radical (unpaired) electrons. The first-order chi connectivity index (χ1) is 16.5. The summed E-state index contributed by atoms with van der Waals surface area (Å²) in [5.74, 6) is -3.11. The molecule has 12 heteroatoms. The van der Waals surface area contributed by atoms with E-state index >= 15 is 4.39 Å². The summed E-state index contributed by atoms with van der Waals surface area (Å²) in [5.41, 5.74) is -1.62. The third kappa shape index (κ3) is 5.05. The number of carbonyl (C=O) groups is 1. The van der Waals surface area contributed by atoms with E-state index in [1.165, 1.54) is 23.6 Å². The first kappa shape index (κ1) is 24.4. The van der Waals surface area contributed by atoms with Crippen molar-refractivity contribution in [3.8, 4) is 11.4 Å². The molecule has 1 N–H and O–H groups in total. The molecule has 4 rings (SSSR count). The zero-order chi connectivity index (χ0) is 25.5. The van der Waals surface area contributed by atoms with Gasteiger partial charge in [0, 0.05) is 18.5 Å². The molecule has 0 atom stereocenters. The number of anilines is 1. The molecule has 7 nitrogen and oxygen atoms in total. The monoisotopic (exact) mass is 496 g/mol. The Morgan fingerprint density at radius 2 is 1.91 bits per heavy atom. The predicted molar refractivity (Wildman–Crippen MR) is 116 cm³/mol. The predicted octanol–water partition coefficient (Wildman–Crippen LogP) is 4.71. The number of amides is 1. The fraction of sp³-hybridized carbons (Fsp3) is 0.348. The Kier molecular flexibility index (Phi) is 6.39. The summed E-state index contributed by atoms with van der Waals surface area (Å²) in [6.07, 6.45) is -3.13. The largest absolute Gasteiger partial charge is 0.483 e. The van der Waals surface area contributed by atoms with Crippen LogP contribution in [0.1, 0.15) is 47.4 Å². The van der Waals surface area contributed by atoms with Gasteiger partial charge in [0.25, 0.3) is 5.91 Å². The maximum absolute atomic E-state index is 15.1. The van der Waals surface area contributed by atoms with Crippen LogP contribution in [0.15, 0.2) is 35.1 Å². The van der Waals surface area contributed by atoms with Crippen LogP contribution in [0.2, 0.25) is 0 Å². The molecule has 0 bridgehead atoms. The van der Waals surface area contributed by atoms with Crippen LogP contribution in [0, 0.1) is 18.6 Å². The Morgan fingerprint density at radius 3 is 2.51 bits per heavy atom. The summed E-state index contributed by atoms with van der Waals surface area (Å²) < 4.78 is 74.8. The molecule has 3 aromatic rings. The Labute approximate surface area is 196 Å². The molecule has 186 valence electrons. The molecule has 0 spiro atoms. The maximum Gasteiger partial charge on any atom is 0.422 e. The van der Waals surface area contributed by atoms with E-state index in [-0.39, 0.29) is 18.2 Å². The highest BCUT2D eigenvalue weighted by atomic mass is 19.4. The van der Waals surface area contributed by atoms with Crippen molar-refractivity contribution in [2.24, 2.45) is 0 Å². The summed E-state index contributed by atoms with van der Waals surface area (Å²) >= 11 is 0. The lowest BCUT2D eigenvalue weighted by Gasteiger charge is -2.16. The summed E-state index contributed by atoms with van der Waals surface area (Å²) in [6.45, 7) is 1.72. The van der Waals surface area contributed by atoms with Crippen LogP contribution in [0.25, 0.3) is 5.69 Å². The van der Waals surface area contributed by atoms with Crippen molar-refractivity contribution in [1.29, 1.82) is 0 Å². The van der Waals surface area contributed by atoms with Crippen LogP contribution in [0.4, 0.5) is 27.6 Å². The molecule has 0 unspecified atom stereocenters. The standard InChI is InChI=1S/C23H21F5N4O3/c1-3-31-20(13-7-8-13)30-32(22(31)34)17-10-18(35-11-23(26,27)28)14(9-16(17)25)21(33)29-19-12(2)5-4-6-15(19)24/h4-6,9-10,13H,3,7-8,11H2,1-2H3,(H,29,33). The molecule has 0 saturated heterocycles. The van der Waals surface area contributed by atoms with Crippen molar-refractivity contribution >= 4 is 11.6 Å². The maximum atomic E-state index is 15.1. The van der Waals surface area contributed by atoms with E-state index in [9.17, 15) is 27.2 Å². The average Bonchev–Trinajstić information content (AvgIpc) is 3.58. The van der Waals surface area contributed by atoms with Crippen molar-refractivity contribution in [3.63, 3.8) is 0 Å². The topological polar surface area (TPSA) is 78.2 Å². The van der Waals surface area contributed by atoms with E-state index in [0.717, 1.165) is 29.7 Å². The lowest BCUT2D eigenvalue weighted by atomic mass is 10.1. The smallest absolute Gasteiger partial charge is 0.422 e. The molecule has 1 aromatic heterocycles. The highest BCUT2D eigenvalue weighted by molar-refractivity contribution is 6.06. The number of para-hydroxylation sites is 1. The van der Waals surface area contributed by atoms with E-state index in [1.54, 1.807) is 6.92 Å². The van der Waals surface area contributed by atoms with E-state index in [1.807, 2.05) is 0 Å². The normalized spacial score (nSPS) is 13.7. The second-order valence-corrected chi connectivity index (χ2v) is 8.16. The van der Waals surface area contributed by atoms with Gasteiger partial charge in [0.05, 0.1) is 11.3 Å². The third-order valence-corrected chi connectivity index (χ3v) is 5.52. The quantitative estimate of drug-likeness (QED) is 0.481. The minimum atomic E-state index is -4.76. The van der Waals surface area contributed by atoms with Crippen LogP contribution in [-0.4, -0.2) is 33.0 Å².